The standard InChI is InChI=1S/C20H19N5OS2/c1-12-8-10-15(11-9-12)18-23-22-17(26-18)14(3)27-20-25-24-19(28-20)21-16-7-5-4-6-13(16)2/h4-11,14H,1-3H3,(H,21,24)/t14-/m1/s1. The number of rotatable bonds is 6. The molecule has 0 saturated heterocycles. The van der Waals surface area contributed by atoms with Crippen molar-refractivity contribution in [1.29, 1.82) is 0 Å². The van der Waals surface area contributed by atoms with Gasteiger partial charge < -0.3 is 9.73 Å². The Labute approximate surface area is 171 Å². The molecule has 2 aromatic carbocycles. The second-order valence-electron chi connectivity index (χ2n) is 6.38. The SMILES string of the molecule is Cc1ccc(-c2nnc([C@@H](C)Sc3nnc(Nc4ccccc4C)s3)o2)cc1. The number of nitrogens with one attached hydrogen (secondary N) is 1. The van der Waals surface area contributed by atoms with E-state index in [1.54, 1.807) is 11.8 Å². The summed E-state index contributed by atoms with van der Waals surface area (Å²) in [5.74, 6) is 1.10. The zero-order valence-electron chi connectivity index (χ0n) is 15.7. The molecule has 1 atom stereocenters. The maximum atomic E-state index is 5.86. The van der Waals surface area contributed by atoms with Gasteiger partial charge in [0.1, 0.15) is 0 Å². The largest absolute Gasteiger partial charge is 0.419 e. The molecule has 0 unspecified atom stereocenters. The van der Waals surface area contributed by atoms with Gasteiger partial charge in [0.2, 0.25) is 16.9 Å². The van der Waals surface area contributed by atoms with Crippen LogP contribution >= 0.6 is 23.1 Å². The lowest BCUT2D eigenvalue weighted by atomic mass is 10.1. The third-order valence-electron chi connectivity index (χ3n) is 4.16. The quantitative estimate of drug-likeness (QED) is 0.403. The number of nitrogens with zero attached hydrogens (tertiary/aromatic N) is 4. The smallest absolute Gasteiger partial charge is 0.247 e. The molecule has 8 heteroatoms. The molecule has 4 rings (SSSR count). The molecule has 0 aliphatic carbocycles. The highest BCUT2D eigenvalue weighted by Crippen LogP contribution is 2.38. The van der Waals surface area contributed by atoms with Crippen molar-refractivity contribution in [3.05, 3.63) is 65.5 Å². The van der Waals surface area contributed by atoms with Gasteiger partial charge in [-0.2, -0.15) is 0 Å². The highest BCUT2D eigenvalue weighted by atomic mass is 32.2. The van der Waals surface area contributed by atoms with Crippen molar-refractivity contribution in [2.24, 2.45) is 0 Å². The van der Waals surface area contributed by atoms with Crippen LogP contribution in [-0.2, 0) is 0 Å². The summed E-state index contributed by atoms with van der Waals surface area (Å²) >= 11 is 3.06. The predicted octanol–water partition coefficient (Wildman–Crippen LogP) is 5.80. The molecule has 6 nitrogen and oxygen atoms in total. The number of benzene rings is 2. The number of hydrogen-bond donors (Lipinski definition) is 1. The molecular formula is C20H19N5OS2. The Morgan fingerprint density at radius 1 is 0.964 bits per heavy atom. The van der Waals surface area contributed by atoms with Crippen LogP contribution in [0, 0.1) is 13.8 Å². The average Bonchev–Trinajstić information content (AvgIpc) is 3.34. The van der Waals surface area contributed by atoms with E-state index in [2.05, 4.69) is 38.7 Å². The lowest BCUT2D eigenvalue weighted by Crippen LogP contribution is -1.91. The fourth-order valence-corrected chi connectivity index (χ4v) is 4.49. The van der Waals surface area contributed by atoms with E-state index in [4.69, 9.17) is 4.42 Å². The van der Waals surface area contributed by atoms with E-state index in [-0.39, 0.29) is 5.25 Å². The third-order valence-corrected chi connectivity index (χ3v) is 6.17. The number of aryl methyl sites for hydroxylation is 2. The zero-order valence-corrected chi connectivity index (χ0v) is 17.3. The van der Waals surface area contributed by atoms with Crippen molar-refractivity contribution >= 4 is 33.9 Å². The number of hydrogen-bond acceptors (Lipinski definition) is 8. The summed E-state index contributed by atoms with van der Waals surface area (Å²) in [6.45, 7) is 6.13. The Bertz CT molecular complexity index is 1070. The van der Waals surface area contributed by atoms with Gasteiger partial charge in [-0.3, -0.25) is 0 Å². The van der Waals surface area contributed by atoms with Crippen LogP contribution in [0.3, 0.4) is 0 Å². The first-order valence-corrected chi connectivity index (χ1v) is 10.5. The van der Waals surface area contributed by atoms with Crippen LogP contribution in [0.25, 0.3) is 11.5 Å². The highest BCUT2D eigenvalue weighted by molar-refractivity contribution is 8.01. The topological polar surface area (TPSA) is 76.7 Å². The first-order valence-electron chi connectivity index (χ1n) is 8.82. The second kappa shape index (κ2) is 8.12. The molecule has 0 aliphatic rings. The van der Waals surface area contributed by atoms with E-state index in [0.717, 1.165) is 26.3 Å². The normalized spacial score (nSPS) is 12.1. The molecule has 142 valence electrons. The van der Waals surface area contributed by atoms with Crippen LogP contribution < -0.4 is 5.32 Å². The Balaban J connectivity index is 1.43. The van der Waals surface area contributed by atoms with Crippen molar-refractivity contribution < 1.29 is 4.42 Å². The molecule has 0 spiro atoms. The molecule has 0 bridgehead atoms. The molecule has 0 fully saturated rings. The number of aromatic nitrogens is 4. The monoisotopic (exact) mass is 409 g/mol. The maximum absolute atomic E-state index is 5.86. The number of thioether (sulfide) groups is 1. The Morgan fingerprint density at radius 2 is 1.75 bits per heavy atom. The summed E-state index contributed by atoms with van der Waals surface area (Å²) in [5.41, 5.74) is 4.30. The molecule has 0 amide bonds. The van der Waals surface area contributed by atoms with Gasteiger partial charge in [-0.05, 0) is 44.5 Å². The summed E-state index contributed by atoms with van der Waals surface area (Å²) in [6, 6.07) is 16.1. The van der Waals surface area contributed by atoms with Crippen molar-refractivity contribution in [2.45, 2.75) is 30.4 Å². The van der Waals surface area contributed by atoms with Gasteiger partial charge in [0.25, 0.3) is 0 Å². The van der Waals surface area contributed by atoms with Crippen LogP contribution in [0.5, 0.6) is 0 Å². The van der Waals surface area contributed by atoms with Gasteiger partial charge in [0.15, 0.2) is 4.34 Å². The van der Waals surface area contributed by atoms with E-state index in [9.17, 15) is 0 Å². The van der Waals surface area contributed by atoms with Gasteiger partial charge in [-0.1, -0.05) is 59.0 Å². The minimum absolute atomic E-state index is 0.0223. The minimum atomic E-state index is -0.0223. The minimum Gasteiger partial charge on any atom is -0.419 e. The maximum Gasteiger partial charge on any atom is 0.247 e. The van der Waals surface area contributed by atoms with Crippen LogP contribution in [-0.4, -0.2) is 20.4 Å². The molecule has 2 aromatic heterocycles. The van der Waals surface area contributed by atoms with Crippen LogP contribution in [0.1, 0.15) is 29.2 Å². The number of para-hydroxylation sites is 1. The van der Waals surface area contributed by atoms with Gasteiger partial charge in [0.05, 0.1) is 5.25 Å². The molecule has 4 aromatic rings. The van der Waals surface area contributed by atoms with Crippen molar-refractivity contribution in [3.63, 3.8) is 0 Å². The van der Waals surface area contributed by atoms with Crippen molar-refractivity contribution in [3.8, 4) is 11.5 Å². The lowest BCUT2D eigenvalue weighted by Gasteiger charge is -2.04. The average molecular weight is 410 g/mol. The van der Waals surface area contributed by atoms with Crippen LogP contribution in [0.15, 0.2) is 57.3 Å². The van der Waals surface area contributed by atoms with Crippen LogP contribution in [0.4, 0.5) is 10.8 Å². The van der Waals surface area contributed by atoms with E-state index in [0.29, 0.717) is 11.8 Å². The first-order chi connectivity index (χ1) is 13.6. The summed E-state index contributed by atoms with van der Waals surface area (Å²) in [4.78, 5) is 0. The highest BCUT2D eigenvalue weighted by Gasteiger charge is 2.18. The van der Waals surface area contributed by atoms with E-state index < -0.39 is 0 Å². The Kier molecular flexibility index (Phi) is 5.40. The lowest BCUT2D eigenvalue weighted by molar-refractivity contribution is 0.509. The van der Waals surface area contributed by atoms with E-state index in [1.807, 2.05) is 56.3 Å². The molecule has 1 N–H and O–H groups in total. The van der Waals surface area contributed by atoms with Gasteiger partial charge in [-0.15, -0.1) is 20.4 Å². The fraction of sp³-hybridized carbons (Fsp3) is 0.200. The van der Waals surface area contributed by atoms with Crippen molar-refractivity contribution in [1.82, 2.24) is 20.4 Å². The summed E-state index contributed by atoms with van der Waals surface area (Å²) in [6.07, 6.45) is 0. The third kappa shape index (κ3) is 4.23. The van der Waals surface area contributed by atoms with E-state index >= 15 is 0 Å². The van der Waals surface area contributed by atoms with Gasteiger partial charge in [0, 0.05) is 11.3 Å². The van der Waals surface area contributed by atoms with E-state index in [1.165, 1.54) is 16.9 Å². The first kappa shape index (κ1) is 18.6. The van der Waals surface area contributed by atoms with Crippen LogP contribution in [0.2, 0.25) is 0 Å². The summed E-state index contributed by atoms with van der Waals surface area (Å²) in [7, 11) is 0. The van der Waals surface area contributed by atoms with Crippen molar-refractivity contribution in [2.75, 3.05) is 5.32 Å². The second-order valence-corrected chi connectivity index (χ2v) is 8.95. The fourth-order valence-electron chi connectivity index (χ4n) is 2.55. The molecule has 0 radical (unpaired) electrons. The zero-order chi connectivity index (χ0) is 19.5. The molecule has 0 aliphatic heterocycles. The molecular weight excluding hydrogens is 390 g/mol. The molecule has 2 heterocycles. The predicted molar refractivity (Wildman–Crippen MR) is 113 cm³/mol. The molecule has 28 heavy (non-hydrogen) atoms. The number of anilines is 2. The Hall–Kier alpha value is -2.71. The van der Waals surface area contributed by atoms with Gasteiger partial charge >= 0.3 is 0 Å². The summed E-state index contributed by atoms with van der Waals surface area (Å²) < 4.78 is 6.71. The summed E-state index contributed by atoms with van der Waals surface area (Å²) in [5, 5.41) is 20.9. The van der Waals surface area contributed by atoms with Gasteiger partial charge in [-0.25, -0.2) is 0 Å². The molecule has 0 saturated carbocycles. The Morgan fingerprint density at radius 3 is 2.54 bits per heavy atom.